The number of furan rings is 1. The predicted molar refractivity (Wildman–Crippen MR) is 149 cm³/mol. The molecule has 5 heterocycles. The van der Waals surface area contributed by atoms with E-state index in [1.807, 2.05) is 80.6 Å². The second-order valence-electron chi connectivity index (χ2n) is 9.54. The molecule has 6 aromatic rings. The number of fused-ring (bicyclic) bond motifs is 4. The van der Waals surface area contributed by atoms with E-state index in [9.17, 15) is 0 Å². The van der Waals surface area contributed by atoms with Gasteiger partial charge in [0, 0.05) is 0 Å². The topological polar surface area (TPSA) is 114 Å². The average Bonchev–Trinajstić information content (AvgIpc) is 3.76. The first-order chi connectivity index (χ1) is 20.1. The lowest BCUT2D eigenvalue weighted by Gasteiger charge is -2.24. The highest BCUT2D eigenvalue weighted by molar-refractivity contribution is 5.98. The molecular weight excluding hydrogens is 522 g/mol. The summed E-state index contributed by atoms with van der Waals surface area (Å²) in [5.41, 5.74) is 5.54. The van der Waals surface area contributed by atoms with Crippen LogP contribution in [0.5, 0.6) is 17.5 Å². The Morgan fingerprint density at radius 1 is 1.00 bits per heavy atom. The summed E-state index contributed by atoms with van der Waals surface area (Å²) in [5.74, 6) is 2.60. The van der Waals surface area contributed by atoms with Gasteiger partial charge in [-0.3, -0.25) is 0 Å². The fraction of sp³-hybridized carbons (Fsp3) is 0.167. The molecule has 11 heteroatoms. The molecule has 0 N–H and O–H groups in total. The third kappa shape index (κ3) is 4.27. The van der Waals surface area contributed by atoms with E-state index in [4.69, 9.17) is 28.8 Å². The highest BCUT2D eigenvalue weighted by atomic mass is 16.6. The number of hydrogen-bond acceptors (Lipinski definition) is 9. The third-order valence-electron chi connectivity index (χ3n) is 7.00. The Morgan fingerprint density at radius 3 is 2.59 bits per heavy atom. The highest BCUT2D eigenvalue weighted by Crippen LogP contribution is 2.49. The first-order valence-corrected chi connectivity index (χ1v) is 13.0. The van der Waals surface area contributed by atoms with Crippen LogP contribution in [0.3, 0.4) is 0 Å². The Bertz CT molecular complexity index is 1870. The molecule has 0 bridgehead atoms. The maximum absolute atomic E-state index is 6.41. The second-order valence-corrected chi connectivity index (χ2v) is 9.54. The van der Waals surface area contributed by atoms with Crippen molar-refractivity contribution in [3.63, 3.8) is 0 Å². The molecule has 1 aliphatic rings. The number of benzene rings is 2. The molecule has 0 saturated heterocycles. The van der Waals surface area contributed by atoms with E-state index in [-0.39, 0.29) is 12.5 Å². The van der Waals surface area contributed by atoms with Crippen LogP contribution in [0, 0.1) is 6.92 Å². The van der Waals surface area contributed by atoms with Crippen molar-refractivity contribution in [2.75, 3.05) is 7.11 Å². The van der Waals surface area contributed by atoms with Crippen molar-refractivity contribution in [2.45, 2.75) is 26.4 Å². The van der Waals surface area contributed by atoms with Crippen LogP contribution in [-0.2, 0) is 11.4 Å². The number of methoxy groups -OCH3 is 1. The molecule has 0 spiro atoms. The van der Waals surface area contributed by atoms with Gasteiger partial charge in [0.25, 0.3) is 0 Å². The van der Waals surface area contributed by atoms with Crippen molar-refractivity contribution in [2.24, 2.45) is 5.16 Å². The monoisotopic (exact) mass is 547 g/mol. The van der Waals surface area contributed by atoms with Crippen molar-refractivity contribution < 1.29 is 18.7 Å². The number of ether oxygens (including phenoxy) is 2. The Balaban J connectivity index is 1.25. The zero-order valence-corrected chi connectivity index (χ0v) is 22.6. The second kappa shape index (κ2) is 9.94. The predicted octanol–water partition coefficient (Wildman–Crippen LogP) is 5.45. The zero-order valence-electron chi connectivity index (χ0n) is 22.6. The van der Waals surface area contributed by atoms with Crippen molar-refractivity contribution in [3.05, 3.63) is 113 Å². The average molecular weight is 548 g/mol. The summed E-state index contributed by atoms with van der Waals surface area (Å²) in [6.45, 7) is 3.91. The molecule has 0 aliphatic carbocycles. The third-order valence-corrected chi connectivity index (χ3v) is 7.00. The van der Waals surface area contributed by atoms with Gasteiger partial charge in [0.05, 0.1) is 47.5 Å². The van der Waals surface area contributed by atoms with Crippen LogP contribution in [0.25, 0.3) is 11.3 Å². The van der Waals surface area contributed by atoms with E-state index in [1.54, 1.807) is 28.9 Å². The zero-order chi connectivity index (χ0) is 27.9. The smallest absolute Gasteiger partial charge is 0.230 e. The van der Waals surface area contributed by atoms with Gasteiger partial charge in [-0.25, -0.2) is 19.2 Å². The number of nitrogens with zero attached hydrogens (tertiary/aromatic N) is 7. The molecular formula is C30H25N7O4. The molecule has 41 heavy (non-hydrogen) atoms. The van der Waals surface area contributed by atoms with E-state index < -0.39 is 0 Å². The maximum Gasteiger partial charge on any atom is 0.230 e. The van der Waals surface area contributed by atoms with E-state index in [2.05, 4.69) is 15.2 Å². The van der Waals surface area contributed by atoms with Gasteiger partial charge in [0.1, 0.15) is 17.8 Å². The normalized spacial score (nSPS) is 14.4. The Kier molecular flexibility index (Phi) is 5.96. The molecule has 4 aromatic heterocycles. The molecule has 1 unspecified atom stereocenters. The summed E-state index contributed by atoms with van der Waals surface area (Å²) in [6, 6.07) is 21.2. The number of oxime groups is 1. The standard InChI is InChI=1S/C30H25N7O4/c1-18(20-11-13-22(38-3)14-12-20)35-40-16-24-32-28-27-26(23-10-7-15-39-23)25-19(2)33-37(21-8-5-4-6-9-21)30(25)41-29(27)31-17-36(28)34-24/h4-15,17,26H,16H2,1-3H3. The minimum atomic E-state index is -0.356. The fourth-order valence-corrected chi connectivity index (χ4v) is 5.04. The van der Waals surface area contributed by atoms with E-state index in [0.29, 0.717) is 23.2 Å². The van der Waals surface area contributed by atoms with Crippen molar-refractivity contribution in [3.8, 4) is 23.2 Å². The van der Waals surface area contributed by atoms with Gasteiger partial charge >= 0.3 is 0 Å². The van der Waals surface area contributed by atoms with E-state index in [1.165, 1.54) is 0 Å². The molecule has 7 rings (SSSR count). The highest BCUT2D eigenvalue weighted by Gasteiger charge is 2.39. The Hall–Kier alpha value is -5.45. The van der Waals surface area contributed by atoms with Crippen LogP contribution in [0.15, 0.2) is 88.9 Å². The molecule has 0 amide bonds. The molecule has 0 saturated carbocycles. The van der Waals surface area contributed by atoms with Crippen LogP contribution in [-0.4, -0.2) is 42.2 Å². The lowest BCUT2D eigenvalue weighted by atomic mass is 9.88. The molecule has 1 aliphatic heterocycles. The summed E-state index contributed by atoms with van der Waals surface area (Å²) in [4.78, 5) is 15.0. The van der Waals surface area contributed by atoms with E-state index in [0.717, 1.165) is 45.3 Å². The lowest BCUT2D eigenvalue weighted by molar-refractivity contribution is 0.125. The van der Waals surface area contributed by atoms with Gasteiger partial charge in [-0.1, -0.05) is 23.4 Å². The van der Waals surface area contributed by atoms with Gasteiger partial charge in [0.2, 0.25) is 11.8 Å². The molecule has 1 atom stereocenters. The Morgan fingerprint density at radius 2 is 1.83 bits per heavy atom. The summed E-state index contributed by atoms with van der Waals surface area (Å²) >= 11 is 0. The van der Waals surface area contributed by atoms with Crippen molar-refractivity contribution in [1.29, 1.82) is 0 Å². The number of rotatable bonds is 7. The lowest BCUT2D eigenvalue weighted by Crippen LogP contribution is -2.15. The molecule has 0 fully saturated rings. The van der Waals surface area contributed by atoms with Gasteiger partial charge in [-0.15, -0.1) is 5.10 Å². The number of hydrogen-bond donors (Lipinski definition) is 0. The number of para-hydroxylation sites is 1. The van der Waals surface area contributed by atoms with Gasteiger partial charge in [-0.05, 0) is 67.9 Å². The first-order valence-electron chi connectivity index (χ1n) is 13.0. The van der Waals surface area contributed by atoms with E-state index >= 15 is 0 Å². The SMILES string of the molecule is COc1ccc(C(C)=NOCc2nc3c4c(ncn3n2)Oc2c(c(C)nn2-c2ccccc2)C4c2ccco2)cc1. The summed E-state index contributed by atoms with van der Waals surface area (Å²) in [5, 5.41) is 13.7. The van der Waals surface area contributed by atoms with Gasteiger partial charge < -0.3 is 18.7 Å². The van der Waals surface area contributed by atoms with Crippen LogP contribution >= 0.6 is 0 Å². The number of aromatic nitrogens is 6. The van der Waals surface area contributed by atoms with Crippen LogP contribution in [0.2, 0.25) is 0 Å². The molecule has 2 aromatic carbocycles. The Labute approximate surface area is 234 Å². The summed E-state index contributed by atoms with van der Waals surface area (Å²) < 4.78 is 21.0. The maximum atomic E-state index is 6.41. The molecule has 11 nitrogen and oxygen atoms in total. The van der Waals surface area contributed by atoms with Crippen LogP contribution in [0.1, 0.15) is 46.8 Å². The van der Waals surface area contributed by atoms with Gasteiger partial charge in [-0.2, -0.15) is 5.10 Å². The van der Waals surface area contributed by atoms with Crippen LogP contribution < -0.4 is 9.47 Å². The molecule has 0 radical (unpaired) electrons. The largest absolute Gasteiger partial charge is 0.497 e. The van der Waals surface area contributed by atoms with Gasteiger partial charge in [0.15, 0.2) is 18.1 Å². The number of aryl methyl sites for hydroxylation is 1. The molecule has 204 valence electrons. The summed E-state index contributed by atoms with van der Waals surface area (Å²) in [6.07, 6.45) is 3.23. The minimum absolute atomic E-state index is 0.0758. The first kappa shape index (κ1) is 24.6. The van der Waals surface area contributed by atoms with Crippen LogP contribution in [0.4, 0.5) is 0 Å². The quantitative estimate of drug-likeness (QED) is 0.191. The summed E-state index contributed by atoms with van der Waals surface area (Å²) in [7, 11) is 1.63. The fourth-order valence-electron chi connectivity index (χ4n) is 5.04. The van der Waals surface area contributed by atoms with Crippen molar-refractivity contribution in [1.82, 2.24) is 29.4 Å². The minimum Gasteiger partial charge on any atom is -0.497 e. The van der Waals surface area contributed by atoms with Crippen molar-refractivity contribution >= 4 is 11.4 Å².